The second-order valence-corrected chi connectivity index (χ2v) is 21.3. The zero-order valence-corrected chi connectivity index (χ0v) is 38.2. The molecule has 0 aliphatic heterocycles. The number of para-hydroxylation sites is 2. The largest absolute Gasteiger partial charge is 0.310 e. The van der Waals surface area contributed by atoms with Crippen LogP contribution in [0.4, 0.5) is 34.1 Å². The maximum Gasteiger partial charge on any atom is 0.0540 e. The minimum atomic E-state index is -0.106. The van der Waals surface area contributed by atoms with Gasteiger partial charge in [-0.2, -0.15) is 0 Å². The van der Waals surface area contributed by atoms with E-state index in [0.717, 1.165) is 17.5 Å². The topological polar surface area (TPSA) is 6.48 Å². The van der Waals surface area contributed by atoms with Gasteiger partial charge in [0.1, 0.15) is 0 Å². The summed E-state index contributed by atoms with van der Waals surface area (Å²) < 4.78 is 0. The quantitative estimate of drug-likeness (QED) is 0.154. The minimum Gasteiger partial charge on any atom is -0.310 e. The van der Waals surface area contributed by atoms with E-state index in [4.69, 9.17) is 0 Å². The molecule has 1 spiro atoms. The highest BCUT2D eigenvalue weighted by atomic mass is 15.2. The number of fused-ring (bicyclic) bond motifs is 6. The fourth-order valence-electron chi connectivity index (χ4n) is 15.4. The number of nitrogens with zero attached hydrogens (tertiary/aromatic N) is 2. The SMILES string of the molecule is CC1(C)c2ccccc2-c2ccc(N(c3ccccc3)c3ccc4ccc5c(N(c6ccccc6)c6cccc7c6C6(c8ccccc8-7)C7CC8CC(C7)CC6C8)ccc6ccc3c4c65)cc21. The summed E-state index contributed by atoms with van der Waals surface area (Å²) in [5, 5.41) is 7.73. The number of anilines is 6. The van der Waals surface area contributed by atoms with Crippen molar-refractivity contribution in [1.29, 1.82) is 0 Å². The van der Waals surface area contributed by atoms with Gasteiger partial charge in [-0.05, 0) is 176 Å². The van der Waals surface area contributed by atoms with Crippen LogP contribution in [0.3, 0.4) is 0 Å². The normalized spacial score (nSPS) is 22.4. The standard InChI is InChI=1S/C65H52N2/c1-64(2)55-21-11-9-18-49(55)51-31-28-48(39-57(51)64)66(46-14-5-3-6-15-46)58-32-26-42-25-30-54-59(33-27-43-24-29-53(58)61(42)62(43)54)67(47-16-7-4-8-17-47)60-23-13-20-52-50-19-10-12-22-56(50)65(63(52)60)44-35-40-34-41(37-44)38-45(65)36-40/h3-33,39-41,44-45H,34-38H2,1-2H3. The Labute approximate surface area is 393 Å². The van der Waals surface area contributed by atoms with Gasteiger partial charge in [0.2, 0.25) is 0 Å². The van der Waals surface area contributed by atoms with Crippen LogP contribution in [0.5, 0.6) is 0 Å². The number of rotatable bonds is 6. The summed E-state index contributed by atoms with van der Waals surface area (Å²) in [4.78, 5) is 5.16. The molecule has 2 heteroatoms. The fourth-order valence-corrected chi connectivity index (χ4v) is 15.4. The molecule has 4 fully saturated rings. The van der Waals surface area contributed by atoms with E-state index in [1.165, 1.54) is 126 Å². The van der Waals surface area contributed by atoms with Crippen molar-refractivity contribution in [2.24, 2.45) is 23.7 Å². The molecular weight excluding hydrogens is 809 g/mol. The van der Waals surface area contributed by atoms with Crippen LogP contribution in [0.2, 0.25) is 0 Å². The van der Waals surface area contributed by atoms with E-state index >= 15 is 0 Å². The molecule has 0 amide bonds. The maximum absolute atomic E-state index is 2.66. The van der Waals surface area contributed by atoms with Crippen molar-refractivity contribution >= 4 is 66.4 Å². The van der Waals surface area contributed by atoms with Crippen LogP contribution in [0.1, 0.15) is 68.2 Å². The second-order valence-electron chi connectivity index (χ2n) is 21.3. The van der Waals surface area contributed by atoms with Gasteiger partial charge in [0.05, 0.1) is 17.1 Å². The highest BCUT2D eigenvalue weighted by Crippen LogP contribution is 2.71. The molecule has 6 aliphatic carbocycles. The van der Waals surface area contributed by atoms with Crippen molar-refractivity contribution in [3.05, 3.63) is 216 Å². The Morgan fingerprint density at radius 2 is 0.881 bits per heavy atom. The van der Waals surface area contributed by atoms with Gasteiger partial charge in [0.25, 0.3) is 0 Å². The molecule has 4 saturated carbocycles. The molecule has 0 aromatic heterocycles. The minimum absolute atomic E-state index is 0.0259. The van der Waals surface area contributed by atoms with Crippen LogP contribution in [-0.2, 0) is 10.8 Å². The molecule has 6 aliphatic rings. The lowest BCUT2D eigenvalue weighted by Gasteiger charge is -2.61. The Morgan fingerprint density at radius 1 is 0.373 bits per heavy atom. The van der Waals surface area contributed by atoms with Crippen LogP contribution >= 0.6 is 0 Å². The van der Waals surface area contributed by atoms with Crippen molar-refractivity contribution in [2.75, 3.05) is 9.80 Å². The third kappa shape index (κ3) is 5.06. The van der Waals surface area contributed by atoms with E-state index in [1.54, 1.807) is 11.1 Å². The van der Waals surface area contributed by atoms with Gasteiger partial charge < -0.3 is 9.80 Å². The molecule has 0 atom stereocenters. The smallest absolute Gasteiger partial charge is 0.0540 e. The first-order valence-corrected chi connectivity index (χ1v) is 24.9. The van der Waals surface area contributed by atoms with Crippen molar-refractivity contribution < 1.29 is 0 Å². The van der Waals surface area contributed by atoms with Gasteiger partial charge in [0, 0.05) is 38.7 Å². The molecule has 4 bridgehead atoms. The highest BCUT2D eigenvalue weighted by molar-refractivity contribution is 6.28. The van der Waals surface area contributed by atoms with Crippen LogP contribution in [0, 0.1) is 23.7 Å². The van der Waals surface area contributed by atoms with Gasteiger partial charge >= 0.3 is 0 Å². The summed E-state index contributed by atoms with van der Waals surface area (Å²) in [5.41, 5.74) is 18.8. The Hall–Kier alpha value is -7.16. The zero-order valence-electron chi connectivity index (χ0n) is 38.2. The van der Waals surface area contributed by atoms with Gasteiger partial charge in [-0.3, -0.25) is 0 Å². The monoisotopic (exact) mass is 860 g/mol. The number of hydrogen-bond donors (Lipinski definition) is 0. The first-order valence-electron chi connectivity index (χ1n) is 24.9. The van der Waals surface area contributed by atoms with Gasteiger partial charge in [-0.1, -0.05) is 153 Å². The van der Waals surface area contributed by atoms with Crippen molar-refractivity contribution in [2.45, 2.75) is 56.8 Å². The van der Waals surface area contributed by atoms with Crippen molar-refractivity contribution in [3.63, 3.8) is 0 Å². The maximum atomic E-state index is 2.66. The Balaban J connectivity index is 0.958. The highest BCUT2D eigenvalue weighted by Gasteiger charge is 2.62. The molecule has 322 valence electrons. The molecule has 0 unspecified atom stereocenters. The molecule has 2 nitrogen and oxygen atoms in total. The predicted octanol–water partition coefficient (Wildman–Crippen LogP) is 17.6. The summed E-state index contributed by atoms with van der Waals surface area (Å²) in [5.74, 6) is 3.11. The first kappa shape index (κ1) is 38.0. The van der Waals surface area contributed by atoms with E-state index in [2.05, 4.69) is 218 Å². The fraction of sp³-hybridized carbons (Fsp3) is 0.200. The summed E-state index contributed by atoms with van der Waals surface area (Å²) in [6, 6.07) is 74.2. The van der Waals surface area contributed by atoms with Crippen LogP contribution < -0.4 is 9.80 Å². The zero-order chi connectivity index (χ0) is 44.2. The number of hydrogen-bond acceptors (Lipinski definition) is 2. The summed E-state index contributed by atoms with van der Waals surface area (Å²) in [7, 11) is 0. The molecular formula is C65H52N2. The number of benzene rings is 10. The van der Waals surface area contributed by atoms with Crippen LogP contribution in [0.15, 0.2) is 194 Å². The van der Waals surface area contributed by atoms with Gasteiger partial charge in [0.15, 0.2) is 0 Å². The summed E-state index contributed by atoms with van der Waals surface area (Å²) >= 11 is 0. The van der Waals surface area contributed by atoms with E-state index in [1.807, 2.05) is 0 Å². The van der Waals surface area contributed by atoms with Gasteiger partial charge in [-0.25, -0.2) is 0 Å². The van der Waals surface area contributed by atoms with Crippen LogP contribution in [0.25, 0.3) is 54.6 Å². The first-order chi connectivity index (χ1) is 33.0. The molecule has 10 aromatic rings. The predicted molar refractivity (Wildman–Crippen MR) is 280 cm³/mol. The lowest BCUT2D eigenvalue weighted by molar-refractivity contribution is -0.0397. The third-order valence-electron chi connectivity index (χ3n) is 17.7. The van der Waals surface area contributed by atoms with Gasteiger partial charge in [-0.15, -0.1) is 0 Å². The van der Waals surface area contributed by atoms with E-state index < -0.39 is 0 Å². The molecule has 67 heavy (non-hydrogen) atoms. The van der Waals surface area contributed by atoms with Crippen LogP contribution in [-0.4, -0.2) is 0 Å². The third-order valence-corrected chi connectivity index (χ3v) is 17.7. The molecule has 16 rings (SSSR count). The summed E-state index contributed by atoms with van der Waals surface area (Å²) in [6.45, 7) is 4.76. The lowest BCUT2D eigenvalue weighted by atomic mass is 9.43. The average molecular weight is 861 g/mol. The average Bonchev–Trinajstić information content (AvgIpc) is 3.79. The van der Waals surface area contributed by atoms with Crippen molar-refractivity contribution in [1.82, 2.24) is 0 Å². The Kier molecular flexibility index (Phi) is 7.77. The Morgan fingerprint density at radius 3 is 1.52 bits per heavy atom. The molecule has 0 heterocycles. The van der Waals surface area contributed by atoms with E-state index in [0.29, 0.717) is 11.8 Å². The second kappa shape index (κ2) is 13.7. The van der Waals surface area contributed by atoms with Crippen molar-refractivity contribution in [3.8, 4) is 22.3 Å². The molecule has 0 N–H and O–H groups in total. The summed E-state index contributed by atoms with van der Waals surface area (Å²) in [6.07, 6.45) is 6.89. The molecule has 10 aromatic carbocycles. The van der Waals surface area contributed by atoms with E-state index in [-0.39, 0.29) is 10.8 Å². The lowest BCUT2D eigenvalue weighted by Crippen LogP contribution is -2.55. The van der Waals surface area contributed by atoms with E-state index in [9.17, 15) is 0 Å². The Bertz CT molecular complexity index is 3610. The molecule has 0 radical (unpaired) electrons. The molecule has 0 saturated heterocycles.